The minimum Gasteiger partial charge on any atom is -0.361 e. The average Bonchev–Trinajstić information content (AvgIpc) is 3.43. The number of pyridine rings is 1. The van der Waals surface area contributed by atoms with Crippen molar-refractivity contribution in [2.24, 2.45) is 0 Å². The van der Waals surface area contributed by atoms with Crippen molar-refractivity contribution in [3.05, 3.63) is 101 Å². The molecule has 1 N–H and O–H groups in total. The van der Waals surface area contributed by atoms with Crippen molar-refractivity contribution in [3.63, 3.8) is 0 Å². The van der Waals surface area contributed by atoms with Gasteiger partial charge in [-0.15, -0.1) is 0 Å². The predicted molar refractivity (Wildman–Crippen MR) is 127 cm³/mol. The van der Waals surface area contributed by atoms with Crippen LogP contribution < -0.4 is 5.56 Å². The molecule has 6 rings (SSSR count). The van der Waals surface area contributed by atoms with Crippen LogP contribution in [0.25, 0.3) is 38.6 Å². The van der Waals surface area contributed by atoms with Crippen LogP contribution in [0.1, 0.15) is 11.1 Å². The molecule has 32 heavy (non-hydrogen) atoms. The molecule has 0 amide bonds. The smallest absolute Gasteiger partial charge is 0.261 e. The van der Waals surface area contributed by atoms with E-state index in [0.717, 1.165) is 34.2 Å². The molecule has 6 nitrogen and oxygen atoms in total. The van der Waals surface area contributed by atoms with Gasteiger partial charge in [-0.3, -0.25) is 4.79 Å². The summed E-state index contributed by atoms with van der Waals surface area (Å²) in [5, 5.41) is 6.31. The summed E-state index contributed by atoms with van der Waals surface area (Å²) in [5.41, 5.74) is 7.02. The molecule has 4 aromatic heterocycles. The van der Waals surface area contributed by atoms with Gasteiger partial charge in [-0.1, -0.05) is 42.0 Å². The molecule has 0 saturated carbocycles. The van der Waals surface area contributed by atoms with Gasteiger partial charge in [-0.2, -0.15) is 5.10 Å². The van der Waals surface area contributed by atoms with E-state index in [1.807, 2.05) is 55.0 Å². The molecule has 0 fully saturated rings. The number of rotatable bonds is 4. The fourth-order valence-corrected chi connectivity index (χ4v) is 4.39. The minimum absolute atomic E-state index is 0.0512. The Morgan fingerprint density at radius 1 is 1.00 bits per heavy atom. The van der Waals surface area contributed by atoms with E-state index < -0.39 is 0 Å². The summed E-state index contributed by atoms with van der Waals surface area (Å²) in [4.78, 5) is 21.1. The molecule has 4 heterocycles. The fraction of sp³-hybridized carbons (Fsp3) is 0.115. The second kappa shape index (κ2) is 7.20. The fourth-order valence-electron chi connectivity index (χ4n) is 4.39. The summed E-state index contributed by atoms with van der Waals surface area (Å²) in [6.45, 7) is 2.69. The van der Waals surface area contributed by atoms with Crippen LogP contribution in [0.4, 0.5) is 0 Å². The number of aromatic nitrogens is 5. The lowest BCUT2D eigenvalue weighted by Crippen LogP contribution is -2.21. The average molecular weight is 419 g/mol. The first-order chi connectivity index (χ1) is 15.7. The van der Waals surface area contributed by atoms with Gasteiger partial charge in [0, 0.05) is 41.6 Å². The topological polar surface area (TPSA) is 68.0 Å². The second-order valence-corrected chi connectivity index (χ2v) is 8.14. The predicted octanol–water partition coefficient (Wildman–Crippen LogP) is 4.74. The highest BCUT2D eigenvalue weighted by Crippen LogP contribution is 2.25. The number of benzene rings is 2. The normalized spacial score (nSPS) is 11.7. The molecule has 0 aliphatic heterocycles. The third-order valence-electron chi connectivity index (χ3n) is 6.10. The maximum Gasteiger partial charge on any atom is 0.261 e. The zero-order valence-electron chi connectivity index (χ0n) is 17.6. The zero-order valence-corrected chi connectivity index (χ0v) is 17.6. The van der Waals surface area contributed by atoms with E-state index in [1.54, 1.807) is 15.3 Å². The summed E-state index contributed by atoms with van der Waals surface area (Å²) < 4.78 is 3.51. The van der Waals surface area contributed by atoms with Gasteiger partial charge < -0.3 is 9.55 Å². The van der Waals surface area contributed by atoms with E-state index in [2.05, 4.69) is 40.2 Å². The van der Waals surface area contributed by atoms with Gasteiger partial charge in [0.2, 0.25) is 0 Å². The summed E-state index contributed by atoms with van der Waals surface area (Å²) in [5.74, 6) is 0. The van der Waals surface area contributed by atoms with Gasteiger partial charge >= 0.3 is 0 Å². The molecule has 0 unspecified atom stereocenters. The van der Waals surface area contributed by atoms with Crippen LogP contribution in [-0.4, -0.2) is 24.1 Å². The lowest BCUT2D eigenvalue weighted by molar-refractivity contribution is 0.676. The molecule has 0 radical (unpaired) electrons. The maximum atomic E-state index is 13.2. The number of nitrogens with zero attached hydrogens (tertiary/aromatic N) is 4. The van der Waals surface area contributed by atoms with E-state index in [0.29, 0.717) is 11.9 Å². The number of H-pyrrole nitrogens is 1. The SMILES string of the molecule is Cc1ccc2[nH]cc(CCn3ccc4c(cnc5c(-c6ccccc6)cnn54)c3=O)c2c1. The second-order valence-electron chi connectivity index (χ2n) is 8.14. The third-order valence-corrected chi connectivity index (χ3v) is 6.10. The summed E-state index contributed by atoms with van der Waals surface area (Å²) in [6.07, 6.45) is 8.14. The number of nitrogens with one attached hydrogen (secondary N) is 1. The Hall–Kier alpha value is -4.19. The van der Waals surface area contributed by atoms with Crippen molar-refractivity contribution in [1.82, 2.24) is 24.1 Å². The first-order valence-electron chi connectivity index (χ1n) is 10.7. The van der Waals surface area contributed by atoms with Gasteiger partial charge in [-0.25, -0.2) is 9.50 Å². The van der Waals surface area contributed by atoms with Gasteiger partial charge in [0.1, 0.15) is 0 Å². The van der Waals surface area contributed by atoms with E-state index in [9.17, 15) is 4.79 Å². The lowest BCUT2D eigenvalue weighted by Gasteiger charge is -2.08. The van der Waals surface area contributed by atoms with Crippen LogP contribution in [-0.2, 0) is 13.0 Å². The highest BCUT2D eigenvalue weighted by Gasteiger charge is 2.13. The third kappa shape index (κ3) is 2.92. The minimum atomic E-state index is -0.0512. The van der Waals surface area contributed by atoms with Crippen molar-refractivity contribution < 1.29 is 0 Å². The van der Waals surface area contributed by atoms with Gasteiger partial charge in [0.05, 0.1) is 17.1 Å². The van der Waals surface area contributed by atoms with Crippen molar-refractivity contribution in [3.8, 4) is 11.1 Å². The van der Waals surface area contributed by atoms with Crippen LogP contribution in [0.2, 0.25) is 0 Å². The summed E-state index contributed by atoms with van der Waals surface area (Å²) in [6, 6.07) is 18.4. The van der Waals surface area contributed by atoms with Crippen LogP contribution in [0.3, 0.4) is 0 Å². The van der Waals surface area contributed by atoms with Crippen LogP contribution in [0.15, 0.2) is 84.2 Å². The van der Waals surface area contributed by atoms with Gasteiger partial charge in [0.25, 0.3) is 5.56 Å². The molecule has 6 heteroatoms. The van der Waals surface area contributed by atoms with Gasteiger partial charge in [0.15, 0.2) is 5.65 Å². The Balaban J connectivity index is 1.37. The summed E-state index contributed by atoms with van der Waals surface area (Å²) >= 11 is 0. The molecule has 2 aromatic carbocycles. The number of aryl methyl sites for hydroxylation is 3. The quantitative estimate of drug-likeness (QED) is 0.449. The first-order valence-corrected chi connectivity index (χ1v) is 10.7. The van der Waals surface area contributed by atoms with E-state index >= 15 is 0 Å². The number of hydrogen-bond donors (Lipinski definition) is 1. The number of fused-ring (bicyclic) bond motifs is 4. The maximum absolute atomic E-state index is 13.2. The molecule has 6 aromatic rings. The molecule has 0 saturated heterocycles. The van der Waals surface area contributed by atoms with Crippen molar-refractivity contribution in [2.75, 3.05) is 0 Å². The zero-order chi connectivity index (χ0) is 21.7. The lowest BCUT2D eigenvalue weighted by atomic mass is 10.1. The Morgan fingerprint density at radius 3 is 2.75 bits per heavy atom. The Labute approximate surface area is 183 Å². The molecule has 0 spiro atoms. The van der Waals surface area contributed by atoms with Crippen LogP contribution in [0.5, 0.6) is 0 Å². The Kier molecular flexibility index (Phi) is 4.18. The van der Waals surface area contributed by atoms with Crippen molar-refractivity contribution in [1.29, 1.82) is 0 Å². The number of aromatic amines is 1. The van der Waals surface area contributed by atoms with E-state index in [4.69, 9.17) is 0 Å². The summed E-state index contributed by atoms with van der Waals surface area (Å²) in [7, 11) is 0. The Bertz CT molecular complexity index is 1660. The largest absolute Gasteiger partial charge is 0.361 e. The van der Waals surface area contributed by atoms with E-state index in [1.165, 1.54) is 16.5 Å². The first kappa shape index (κ1) is 18.6. The standard InChI is InChI=1S/C26H21N5O/c1-17-7-8-23-20(13-17)19(14-27-23)9-11-30-12-10-24-22(26(30)32)15-28-25-21(16-29-31(24)25)18-5-3-2-4-6-18/h2-8,10,12-16,27H,9,11H2,1H3. The molecule has 0 aliphatic carbocycles. The van der Waals surface area contributed by atoms with E-state index in [-0.39, 0.29) is 5.56 Å². The van der Waals surface area contributed by atoms with Crippen molar-refractivity contribution in [2.45, 2.75) is 19.9 Å². The van der Waals surface area contributed by atoms with Crippen molar-refractivity contribution >= 4 is 27.5 Å². The highest BCUT2D eigenvalue weighted by molar-refractivity contribution is 5.85. The number of hydrogen-bond acceptors (Lipinski definition) is 3. The molecular formula is C26H21N5O. The molecule has 0 bridgehead atoms. The van der Waals surface area contributed by atoms with Crippen LogP contribution in [0, 0.1) is 6.92 Å². The monoisotopic (exact) mass is 419 g/mol. The Morgan fingerprint density at radius 2 is 1.88 bits per heavy atom. The highest BCUT2D eigenvalue weighted by atomic mass is 16.1. The molecule has 156 valence electrons. The molecule has 0 aliphatic rings. The van der Waals surface area contributed by atoms with Gasteiger partial charge in [-0.05, 0) is 42.7 Å². The molecular weight excluding hydrogens is 398 g/mol. The molecule has 0 atom stereocenters. The van der Waals surface area contributed by atoms with Crippen LogP contribution >= 0.6 is 0 Å².